The molecule has 1 rings (SSSR count). The van der Waals surface area contributed by atoms with Gasteiger partial charge in [0, 0.05) is 5.69 Å². The summed E-state index contributed by atoms with van der Waals surface area (Å²) in [4.78, 5) is 44.4. The third kappa shape index (κ3) is 8.05. The largest absolute Gasteiger partial charge is 0.480 e. The molecule has 23 heavy (non-hydrogen) atoms. The Morgan fingerprint density at radius 2 is 1.39 bits per heavy atom. The Morgan fingerprint density at radius 3 is 1.96 bits per heavy atom. The molecule has 0 bridgehead atoms. The SMILES string of the molecule is Cc1ccc(NC(=O)NCC(=O)NCC(=O)NCC(=O)O)cc1. The molecule has 0 heterocycles. The van der Waals surface area contributed by atoms with Gasteiger partial charge >= 0.3 is 12.0 Å². The van der Waals surface area contributed by atoms with Gasteiger partial charge < -0.3 is 26.4 Å². The van der Waals surface area contributed by atoms with E-state index in [1.54, 1.807) is 12.1 Å². The average Bonchev–Trinajstić information content (AvgIpc) is 2.51. The lowest BCUT2D eigenvalue weighted by Gasteiger charge is -2.08. The summed E-state index contributed by atoms with van der Waals surface area (Å²) in [6.07, 6.45) is 0. The summed E-state index contributed by atoms with van der Waals surface area (Å²) >= 11 is 0. The van der Waals surface area contributed by atoms with Crippen molar-refractivity contribution in [1.29, 1.82) is 0 Å². The molecule has 0 aliphatic rings. The van der Waals surface area contributed by atoms with E-state index in [0.717, 1.165) is 5.56 Å². The fourth-order valence-electron chi connectivity index (χ4n) is 1.45. The average molecular weight is 322 g/mol. The number of rotatable bonds is 7. The molecule has 0 saturated heterocycles. The van der Waals surface area contributed by atoms with Crippen LogP contribution in [0.25, 0.3) is 0 Å². The maximum atomic E-state index is 11.6. The van der Waals surface area contributed by atoms with Crippen molar-refractivity contribution >= 4 is 29.5 Å². The van der Waals surface area contributed by atoms with Crippen LogP contribution in [0.4, 0.5) is 10.5 Å². The topological polar surface area (TPSA) is 137 Å². The van der Waals surface area contributed by atoms with Crippen molar-refractivity contribution in [2.75, 3.05) is 25.0 Å². The van der Waals surface area contributed by atoms with Gasteiger partial charge in [-0.3, -0.25) is 14.4 Å². The maximum Gasteiger partial charge on any atom is 0.322 e. The number of aliphatic carboxylic acids is 1. The van der Waals surface area contributed by atoms with Gasteiger partial charge in [-0.05, 0) is 19.1 Å². The van der Waals surface area contributed by atoms with Gasteiger partial charge in [0.25, 0.3) is 0 Å². The maximum absolute atomic E-state index is 11.6. The van der Waals surface area contributed by atoms with E-state index in [1.807, 2.05) is 19.1 Å². The van der Waals surface area contributed by atoms with Crippen LogP contribution < -0.4 is 21.3 Å². The quantitative estimate of drug-likeness (QED) is 0.458. The molecule has 1 aromatic rings. The molecule has 0 spiro atoms. The molecule has 0 aliphatic carbocycles. The highest BCUT2D eigenvalue weighted by Crippen LogP contribution is 2.07. The van der Waals surface area contributed by atoms with Crippen LogP contribution in [0.3, 0.4) is 0 Å². The van der Waals surface area contributed by atoms with Gasteiger partial charge in [0.15, 0.2) is 0 Å². The number of benzene rings is 1. The van der Waals surface area contributed by atoms with Crippen molar-refractivity contribution in [3.05, 3.63) is 29.8 Å². The summed E-state index contributed by atoms with van der Waals surface area (Å²) in [5.41, 5.74) is 1.64. The third-order valence-corrected chi connectivity index (χ3v) is 2.60. The van der Waals surface area contributed by atoms with Crippen LogP contribution in [-0.4, -0.2) is 48.6 Å². The Kier molecular flexibility index (Phi) is 7.05. The molecule has 124 valence electrons. The van der Waals surface area contributed by atoms with Gasteiger partial charge in [-0.2, -0.15) is 0 Å². The number of hydrogen-bond donors (Lipinski definition) is 5. The summed E-state index contributed by atoms with van der Waals surface area (Å²) in [5, 5.41) is 17.6. The van der Waals surface area contributed by atoms with E-state index < -0.39 is 30.4 Å². The van der Waals surface area contributed by atoms with Crippen molar-refractivity contribution < 1.29 is 24.3 Å². The first-order chi connectivity index (χ1) is 10.9. The number of anilines is 1. The molecule has 0 atom stereocenters. The Balaban J connectivity index is 2.22. The summed E-state index contributed by atoms with van der Waals surface area (Å²) < 4.78 is 0. The van der Waals surface area contributed by atoms with E-state index in [-0.39, 0.29) is 13.1 Å². The molecule has 9 nitrogen and oxygen atoms in total. The van der Waals surface area contributed by atoms with Gasteiger partial charge in [-0.15, -0.1) is 0 Å². The molecule has 0 radical (unpaired) electrons. The van der Waals surface area contributed by atoms with Gasteiger partial charge in [-0.25, -0.2) is 4.79 Å². The fraction of sp³-hybridized carbons (Fsp3) is 0.286. The number of carboxylic acid groups (broad SMARTS) is 1. The Bertz CT molecular complexity index is 585. The zero-order valence-corrected chi connectivity index (χ0v) is 12.5. The summed E-state index contributed by atoms with van der Waals surface area (Å²) in [6, 6.07) is 6.55. The van der Waals surface area contributed by atoms with Crippen LogP contribution in [0.2, 0.25) is 0 Å². The zero-order valence-electron chi connectivity index (χ0n) is 12.5. The van der Waals surface area contributed by atoms with Crippen molar-refractivity contribution in [2.24, 2.45) is 0 Å². The minimum Gasteiger partial charge on any atom is -0.480 e. The van der Waals surface area contributed by atoms with Crippen LogP contribution in [-0.2, 0) is 14.4 Å². The van der Waals surface area contributed by atoms with Crippen LogP contribution in [0.5, 0.6) is 0 Å². The first-order valence-corrected chi connectivity index (χ1v) is 6.73. The molecule has 9 heteroatoms. The van der Waals surface area contributed by atoms with Crippen molar-refractivity contribution in [2.45, 2.75) is 6.92 Å². The molecule has 0 aliphatic heterocycles. The van der Waals surface area contributed by atoms with Crippen molar-refractivity contribution in [1.82, 2.24) is 16.0 Å². The molecule has 0 saturated carbocycles. The minimum atomic E-state index is -1.18. The van der Waals surface area contributed by atoms with E-state index >= 15 is 0 Å². The van der Waals surface area contributed by atoms with Gasteiger partial charge in [0.1, 0.15) is 6.54 Å². The lowest BCUT2D eigenvalue weighted by Crippen LogP contribution is -2.43. The first kappa shape index (κ1) is 18.0. The molecule has 0 aromatic heterocycles. The lowest BCUT2D eigenvalue weighted by atomic mass is 10.2. The molecular weight excluding hydrogens is 304 g/mol. The van der Waals surface area contributed by atoms with Gasteiger partial charge in [0.2, 0.25) is 11.8 Å². The molecule has 5 N–H and O–H groups in total. The predicted octanol–water partition coefficient (Wildman–Crippen LogP) is -0.566. The van der Waals surface area contributed by atoms with E-state index in [2.05, 4.69) is 21.3 Å². The van der Waals surface area contributed by atoms with Crippen LogP contribution in [0, 0.1) is 6.92 Å². The number of aryl methyl sites for hydroxylation is 1. The molecule has 4 amide bonds. The third-order valence-electron chi connectivity index (χ3n) is 2.60. The lowest BCUT2D eigenvalue weighted by molar-refractivity contribution is -0.137. The Labute approximate surface area is 132 Å². The minimum absolute atomic E-state index is 0.316. The predicted molar refractivity (Wildman–Crippen MR) is 81.9 cm³/mol. The first-order valence-electron chi connectivity index (χ1n) is 6.73. The molecular formula is C14H18N4O5. The fourth-order valence-corrected chi connectivity index (χ4v) is 1.45. The summed E-state index contributed by atoms with van der Waals surface area (Å²) in [6.45, 7) is 0.712. The normalized spacial score (nSPS) is 9.61. The van der Waals surface area contributed by atoms with E-state index in [0.29, 0.717) is 5.69 Å². The number of hydrogen-bond acceptors (Lipinski definition) is 4. The number of amides is 4. The summed E-state index contributed by atoms with van der Waals surface area (Å²) in [5.74, 6) is -2.39. The highest BCUT2D eigenvalue weighted by Gasteiger charge is 2.08. The van der Waals surface area contributed by atoms with Crippen LogP contribution in [0.15, 0.2) is 24.3 Å². The Hall–Kier alpha value is -3.10. The van der Waals surface area contributed by atoms with E-state index in [4.69, 9.17) is 5.11 Å². The van der Waals surface area contributed by atoms with Crippen LogP contribution >= 0.6 is 0 Å². The number of carboxylic acids is 1. The van der Waals surface area contributed by atoms with Gasteiger partial charge in [0.05, 0.1) is 13.1 Å². The second-order valence-electron chi connectivity index (χ2n) is 4.62. The second kappa shape index (κ2) is 9.03. The van der Waals surface area contributed by atoms with Crippen molar-refractivity contribution in [3.63, 3.8) is 0 Å². The van der Waals surface area contributed by atoms with Crippen LogP contribution in [0.1, 0.15) is 5.56 Å². The number of nitrogens with one attached hydrogen (secondary N) is 4. The molecule has 0 unspecified atom stereocenters. The number of carbonyl (C=O) groups excluding carboxylic acids is 3. The monoisotopic (exact) mass is 322 g/mol. The van der Waals surface area contributed by atoms with Crippen molar-refractivity contribution in [3.8, 4) is 0 Å². The van der Waals surface area contributed by atoms with Gasteiger partial charge in [-0.1, -0.05) is 17.7 Å². The standard InChI is InChI=1S/C14H18N4O5/c1-9-2-4-10(5-3-9)18-14(23)17-7-12(20)15-6-11(19)16-8-13(21)22/h2-5H,6-8H2,1H3,(H,15,20)(H,16,19)(H,21,22)(H2,17,18,23). The van der Waals surface area contributed by atoms with E-state index in [1.165, 1.54) is 0 Å². The zero-order chi connectivity index (χ0) is 17.2. The smallest absolute Gasteiger partial charge is 0.322 e. The van der Waals surface area contributed by atoms with E-state index in [9.17, 15) is 19.2 Å². The number of urea groups is 1. The second-order valence-corrected chi connectivity index (χ2v) is 4.62. The highest BCUT2D eigenvalue weighted by molar-refractivity contribution is 5.93. The molecule has 0 fully saturated rings. The number of carbonyl (C=O) groups is 4. The highest BCUT2D eigenvalue weighted by atomic mass is 16.4. The Morgan fingerprint density at radius 1 is 0.870 bits per heavy atom. The summed E-state index contributed by atoms with van der Waals surface area (Å²) in [7, 11) is 0. The molecule has 1 aromatic carbocycles.